The van der Waals surface area contributed by atoms with Gasteiger partial charge in [-0.25, -0.2) is 0 Å². The summed E-state index contributed by atoms with van der Waals surface area (Å²) < 4.78 is 5.34. The average Bonchev–Trinajstić information content (AvgIpc) is 3.35. The van der Waals surface area contributed by atoms with Gasteiger partial charge >= 0.3 is 5.97 Å². The monoisotopic (exact) mass is 397 g/mol. The van der Waals surface area contributed by atoms with Crippen LogP contribution in [0.4, 0.5) is 5.13 Å². The van der Waals surface area contributed by atoms with Gasteiger partial charge < -0.3 is 4.74 Å². The summed E-state index contributed by atoms with van der Waals surface area (Å²) in [7, 11) is 1.36. The highest BCUT2D eigenvalue weighted by atomic mass is 32.2. The van der Waals surface area contributed by atoms with Gasteiger partial charge in [-0.15, -0.1) is 21.5 Å². The zero-order valence-corrected chi connectivity index (χ0v) is 16.4. The number of hydrogen-bond acceptors (Lipinski definition) is 8. The molecule has 0 aromatic carbocycles. The van der Waals surface area contributed by atoms with E-state index in [0.717, 1.165) is 30.6 Å². The van der Waals surface area contributed by atoms with Gasteiger partial charge in [0.2, 0.25) is 11.0 Å². The molecule has 1 atom stereocenters. The molecule has 1 N–H and O–H groups in total. The number of hydrogen-bond donors (Lipinski definition) is 1. The molecule has 25 heavy (non-hydrogen) atoms. The fourth-order valence-electron chi connectivity index (χ4n) is 3.00. The summed E-state index contributed by atoms with van der Waals surface area (Å²) in [5, 5.41) is 13.1. The maximum atomic E-state index is 13.0. The first kappa shape index (κ1) is 18.3. The second-order valence-electron chi connectivity index (χ2n) is 5.88. The van der Waals surface area contributed by atoms with Gasteiger partial charge in [-0.2, -0.15) is 0 Å². The third-order valence-electron chi connectivity index (χ3n) is 4.32. The van der Waals surface area contributed by atoms with Crippen molar-refractivity contribution in [1.82, 2.24) is 10.2 Å². The number of nitrogens with one attached hydrogen (secondary N) is 1. The Morgan fingerprint density at radius 1 is 1.36 bits per heavy atom. The molecule has 2 aromatic heterocycles. The quantitative estimate of drug-likeness (QED) is 0.455. The molecule has 1 fully saturated rings. The van der Waals surface area contributed by atoms with Crippen LogP contribution in [0, 0.1) is 0 Å². The Kier molecular flexibility index (Phi) is 5.75. The minimum absolute atomic E-state index is 0.0128. The molecule has 9 heteroatoms. The lowest BCUT2D eigenvalue weighted by molar-refractivity contribution is -0.139. The number of ether oxygens (including phenoxy) is 1. The van der Waals surface area contributed by atoms with E-state index in [1.165, 1.54) is 30.2 Å². The maximum Gasteiger partial charge on any atom is 0.318 e. The Labute approximate surface area is 158 Å². The summed E-state index contributed by atoms with van der Waals surface area (Å²) in [5.41, 5.74) is -0.452. The van der Waals surface area contributed by atoms with E-state index in [1.807, 2.05) is 17.5 Å². The lowest BCUT2D eigenvalue weighted by atomic mass is 9.83. The highest BCUT2D eigenvalue weighted by Crippen LogP contribution is 2.44. The molecule has 1 aliphatic rings. The van der Waals surface area contributed by atoms with Crippen molar-refractivity contribution in [3.05, 3.63) is 22.4 Å². The van der Waals surface area contributed by atoms with Crippen LogP contribution in [0.5, 0.6) is 0 Å². The number of esters is 1. The molecule has 0 radical (unpaired) electrons. The topological polar surface area (TPSA) is 81.2 Å². The third-order valence-corrected chi connectivity index (χ3v) is 7.40. The smallest absolute Gasteiger partial charge is 0.318 e. The summed E-state index contributed by atoms with van der Waals surface area (Å²) in [6.07, 6.45) is 3.83. The van der Waals surface area contributed by atoms with Crippen LogP contribution in [-0.4, -0.2) is 34.4 Å². The Morgan fingerprint density at radius 3 is 2.76 bits per heavy atom. The molecule has 6 nitrogen and oxygen atoms in total. The van der Waals surface area contributed by atoms with Gasteiger partial charge in [0, 0.05) is 4.88 Å². The molecule has 0 spiro atoms. The van der Waals surface area contributed by atoms with E-state index >= 15 is 0 Å². The van der Waals surface area contributed by atoms with Gasteiger partial charge in [0.25, 0.3) is 0 Å². The van der Waals surface area contributed by atoms with Crippen molar-refractivity contribution in [3.63, 3.8) is 0 Å². The Morgan fingerprint density at radius 2 is 2.12 bits per heavy atom. The Hall–Kier alpha value is -1.45. The SMILES string of the molecule is COC(=O)[C@H](C)Sc1nnc(NC(=O)C2(c3cccs3)CCCC2)s1. The van der Waals surface area contributed by atoms with E-state index in [2.05, 4.69) is 15.5 Å². The number of anilines is 1. The lowest BCUT2D eigenvalue weighted by Crippen LogP contribution is -2.37. The van der Waals surface area contributed by atoms with Gasteiger partial charge in [0.05, 0.1) is 12.5 Å². The molecular weight excluding hydrogens is 378 g/mol. The summed E-state index contributed by atoms with van der Waals surface area (Å²) >= 11 is 4.18. The van der Waals surface area contributed by atoms with E-state index < -0.39 is 5.41 Å². The van der Waals surface area contributed by atoms with Crippen LogP contribution in [0.15, 0.2) is 21.9 Å². The van der Waals surface area contributed by atoms with E-state index in [9.17, 15) is 9.59 Å². The van der Waals surface area contributed by atoms with Crippen LogP contribution in [0.2, 0.25) is 0 Å². The van der Waals surface area contributed by atoms with Crippen molar-refractivity contribution in [3.8, 4) is 0 Å². The van der Waals surface area contributed by atoms with E-state index in [-0.39, 0.29) is 17.1 Å². The van der Waals surface area contributed by atoms with Gasteiger partial charge in [-0.1, -0.05) is 42.0 Å². The van der Waals surface area contributed by atoms with Crippen LogP contribution >= 0.6 is 34.4 Å². The van der Waals surface area contributed by atoms with Crippen LogP contribution in [0.1, 0.15) is 37.5 Å². The van der Waals surface area contributed by atoms with Crippen LogP contribution in [0.3, 0.4) is 0 Å². The first-order valence-electron chi connectivity index (χ1n) is 7.98. The number of aromatic nitrogens is 2. The number of nitrogens with zero attached hydrogens (tertiary/aromatic N) is 2. The number of carbonyl (C=O) groups is 2. The second kappa shape index (κ2) is 7.84. The molecule has 1 aliphatic carbocycles. The van der Waals surface area contributed by atoms with Crippen molar-refractivity contribution in [2.45, 2.75) is 47.6 Å². The zero-order valence-electron chi connectivity index (χ0n) is 14.0. The van der Waals surface area contributed by atoms with Crippen molar-refractivity contribution in [2.75, 3.05) is 12.4 Å². The highest BCUT2D eigenvalue weighted by Gasteiger charge is 2.43. The average molecular weight is 398 g/mol. The molecule has 2 heterocycles. The largest absolute Gasteiger partial charge is 0.468 e. The number of thiophene rings is 1. The first-order valence-corrected chi connectivity index (χ1v) is 10.6. The van der Waals surface area contributed by atoms with Crippen molar-refractivity contribution < 1.29 is 14.3 Å². The minimum Gasteiger partial charge on any atom is -0.468 e. The summed E-state index contributed by atoms with van der Waals surface area (Å²) in [4.78, 5) is 25.6. The predicted octanol–water partition coefficient (Wildman–Crippen LogP) is 3.70. The predicted molar refractivity (Wildman–Crippen MR) is 100 cm³/mol. The lowest BCUT2D eigenvalue weighted by Gasteiger charge is -2.25. The number of methoxy groups -OCH3 is 1. The summed E-state index contributed by atoms with van der Waals surface area (Å²) in [6, 6.07) is 4.02. The van der Waals surface area contributed by atoms with Gasteiger partial charge in [-0.05, 0) is 31.2 Å². The van der Waals surface area contributed by atoms with Crippen molar-refractivity contribution in [2.24, 2.45) is 0 Å². The van der Waals surface area contributed by atoms with E-state index in [1.54, 1.807) is 18.3 Å². The number of thioether (sulfide) groups is 1. The van der Waals surface area contributed by atoms with Gasteiger partial charge in [0.15, 0.2) is 4.34 Å². The first-order chi connectivity index (χ1) is 12.0. The standard InChI is InChI=1S/C16H19N3O3S3/c1-10(12(20)22-2)24-15-19-18-14(25-15)17-13(21)16(7-3-4-8-16)11-6-5-9-23-11/h5-6,9-10H,3-4,7-8H2,1-2H3,(H,17,18,21)/t10-/m0/s1. The molecule has 0 unspecified atom stereocenters. The van der Waals surface area contributed by atoms with Crippen molar-refractivity contribution >= 4 is 51.4 Å². The van der Waals surface area contributed by atoms with Crippen LogP contribution in [-0.2, 0) is 19.7 Å². The normalized spacial score (nSPS) is 17.2. The molecule has 3 rings (SSSR count). The molecule has 2 aromatic rings. The fraction of sp³-hybridized carbons (Fsp3) is 0.500. The summed E-state index contributed by atoms with van der Waals surface area (Å²) in [6.45, 7) is 1.75. The van der Waals surface area contributed by atoms with E-state index in [0.29, 0.717) is 9.47 Å². The molecule has 1 amide bonds. The van der Waals surface area contributed by atoms with Crippen LogP contribution < -0.4 is 5.32 Å². The Balaban J connectivity index is 1.70. The van der Waals surface area contributed by atoms with E-state index in [4.69, 9.17) is 4.74 Å². The van der Waals surface area contributed by atoms with Gasteiger partial charge in [0.1, 0.15) is 5.25 Å². The molecule has 1 saturated carbocycles. The molecule has 0 bridgehead atoms. The molecular formula is C16H19N3O3S3. The molecule has 134 valence electrons. The Bertz CT molecular complexity index is 739. The minimum atomic E-state index is -0.452. The number of rotatable bonds is 6. The van der Waals surface area contributed by atoms with Gasteiger partial charge in [-0.3, -0.25) is 14.9 Å². The zero-order chi connectivity index (χ0) is 17.9. The molecule has 0 aliphatic heterocycles. The number of amides is 1. The number of carbonyl (C=O) groups excluding carboxylic acids is 2. The summed E-state index contributed by atoms with van der Waals surface area (Å²) in [5.74, 6) is -0.324. The molecule has 0 saturated heterocycles. The third kappa shape index (κ3) is 3.88. The highest BCUT2D eigenvalue weighted by molar-refractivity contribution is 8.02. The second-order valence-corrected chi connectivity index (χ2v) is 9.39. The maximum absolute atomic E-state index is 13.0. The van der Waals surface area contributed by atoms with Crippen LogP contribution in [0.25, 0.3) is 0 Å². The fourth-order valence-corrected chi connectivity index (χ4v) is 5.91. The van der Waals surface area contributed by atoms with Crippen molar-refractivity contribution in [1.29, 1.82) is 0 Å².